The number of halogens is 3. The zero-order valence-corrected chi connectivity index (χ0v) is 20.0. The monoisotopic (exact) mass is 512 g/mol. The molecular weight excluding hydrogens is 489 g/mol. The number of aryl methyl sites for hydroxylation is 2. The lowest BCUT2D eigenvalue weighted by Gasteiger charge is -2.30. The number of amides is 1. The zero-order chi connectivity index (χ0) is 25.9. The number of nitrogens with zero attached hydrogens (tertiary/aromatic N) is 5. The molecule has 9 nitrogen and oxygen atoms in total. The van der Waals surface area contributed by atoms with Crippen molar-refractivity contribution in [2.45, 2.75) is 38.5 Å². The van der Waals surface area contributed by atoms with Gasteiger partial charge in [-0.3, -0.25) is 14.3 Å². The van der Waals surface area contributed by atoms with E-state index in [-0.39, 0.29) is 19.2 Å². The number of hydrogen-bond donors (Lipinski definition) is 1. The summed E-state index contributed by atoms with van der Waals surface area (Å²) in [6.45, 7) is 4.63. The van der Waals surface area contributed by atoms with Gasteiger partial charge in [0.05, 0.1) is 22.5 Å². The van der Waals surface area contributed by atoms with E-state index in [1.54, 1.807) is 6.20 Å². The van der Waals surface area contributed by atoms with Crippen LogP contribution in [0.4, 0.5) is 19.1 Å². The van der Waals surface area contributed by atoms with Crippen molar-refractivity contribution >= 4 is 22.9 Å². The normalized spacial score (nSPS) is 19.3. The van der Waals surface area contributed by atoms with E-state index in [9.17, 15) is 18.0 Å². The molecular formula is C25H23F3N6O3. The predicted molar refractivity (Wildman–Crippen MR) is 127 cm³/mol. The summed E-state index contributed by atoms with van der Waals surface area (Å²) < 4.78 is 52.2. The van der Waals surface area contributed by atoms with E-state index in [4.69, 9.17) is 14.2 Å². The standard InChI is InChI=1S/C25H23F3N6O3/c1-13-20(14(2)37-32-13)16-6-7-18-21-22(16)36-12-19(17-5-3-4-9-29-17)34(21)24(31-18)33-10-8-15(11-33)30-23(35)25(26,27)28/h3-7,9,15,19H,8,10-12H2,1-2H3,(H,30,35)/t15-,19-/m1/s1. The van der Waals surface area contributed by atoms with Crippen molar-refractivity contribution < 1.29 is 27.2 Å². The molecule has 2 aliphatic rings. The topological polar surface area (TPSA) is 98.3 Å². The maximum Gasteiger partial charge on any atom is 0.471 e. The van der Waals surface area contributed by atoms with E-state index < -0.39 is 18.1 Å². The molecule has 1 fully saturated rings. The average molecular weight is 512 g/mol. The number of carbonyl (C=O) groups excluding carboxylic acids is 1. The fourth-order valence-corrected chi connectivity index (χ4v) is 5.23. The predicted octanol–water partition coefficient (Wildman–Crippen LogP) is 3.94. The van der Waals surface area contributed by atoms with Crippen molar-refractivity contribution in [1.29, 1.82) is 0 Å². The average Bonchev–Trinajstić information content (AvgIpc) is 3.58. The van der Waals surface area contributed by atoms with Crippen LogP contribution >= 0.6 is 0 Å². The second-order valence-electron chi connectivity index (χ2n) is 9.28. The molecule has 12 heteroatoms. The summed E-state index contributed by atoms with van der Waals surface area (Å²) in [6.07, 6.45) is -2.85. The molecule has 0 spiro atoms. The number of imidazole rings is 1. The van der Waals surface area contributed by atoms with Gasteiger partial charge in [-0.1, -0.05) is 11.2 Å². The molecule has 2 atom stereocenters. The van der Waals surface area contributed by atoms with Gasteiger partial charge in [0.15, 0.2) is 5.75 Å². The van der Waals surface area contributed by atoms with Crippen LogP contribution in [0, 0.1) is 13.8 Å². The third kappa shape index (κ3) is 3.87. The fraction of sp³-hybridized carbons (Fsp3) is 0.360. The highest BCUT2D eigenvalue weighted by molar-refractivity contribution is 5.94. The van der Waals surface area contributed by atoms with Crippen LogP contribution in [0.2, 0.25) is 0 Å². The first-order valence-corrected chi connectivity index (χ1v) is 11.9. The number of rotatable bonds is 4. The highest BCUT2D eigenvalue weighted by Crippen LogP contribution is 2.46. The van der Waals surface area contributed by atoms with Gasteiger partial charge in [0.2, 0.25) is 5.95 Å². The molecule has 0 saturated carbocycles. The van der Waals surface area contributed by atoms with Crippen molar-refractivity contribution in [2.75, 3.05) is 24.6 Å². The zero-order valence-electron chi connectivity index (χ0n) is 20.0. The number of ether oxygens (including phenoxy) is 1. The Bertz CT molecular complexity index is 1480. The highest BCUT2D eigenvalue weighted by atomic mass is 19.4. The summed E-state index contributed by atoms with van der Waals surface area (Å²) in [4.78, 5) is 22.8. The Kier molecular flexibility index (Phi) is 5.35. The van der Waals surface area contributed by atoms with Gasteiger partial charge in [-0.2, -0.15) is 13.2 Å². The third-order valence-corrected chi connectivity index (χ3v) is 6.88. The molecule has 4 aromatic rings. The first-order chi connectivity index (χ1) is 17.7. The smallest absolute Gasteiger partial charge is 0.471 e. The molecule has 0 unspecified atom stereocenters. The van der Waals surface area contributed by atoms with Crippen LogP contribution in [0.1, 0.15) is 29.6 Å². The van der Waals surface area contributed by atoms with Crippen LogP contribution in [0.25, 0.3) is 22.2 Å². The molecule has 0 aliphatic carbocycles. The molecule has 1 N–H and O–H groups in total. The highest BCUT2D eigenvalue weighted by Gasteiger charge is 2.41. The number of nitrogens with one attached hydrogen (secondary N) is 1. The second-order valence-corrected chi connectivity index (χ2v) is 9.28. The molecule has 5 heterocycles. The Morgan fingerprint density at radius 1 is 1.19 bits per heavy atom. The van der Waals surface area contributed by atoms with Crippen molar-refractivity contribution in [3.8, 4) is 16.9 Å². The summed E-state index contributed by atoms with van der Waals surface area (Å²) in [5.41, 5.74) is 4.63. The van der Waals surface area contributed by atoms with Crippen molar-refractivity contribution in [3.05, 3.63) is 53.7 Å². The quantitative estimate of drug-likeness (QED) is 0.442. The van der Waals surface area contributed by atoms with E-state index >= 15 is 0 Å². The third-order valence-electron chi connectivity index (χ3n) is 6.88. The molecule has 3 aromatic heterocycles. The van der Waals surface area contributed by atoms with Gasteiger partial charge in [-0.15, -0.1) is 0 Å². The molecule has 1 amide bonds. The van der Waals surface area contributed by atoms with Gasteiger partial charge in [0.1, 0.15) is 23.9 Å². The van der Waals surface area contributed by atoms with Crippen LogP contribution < -0.4 is 15.0 Å². The second kappa shape index (κ2) is 8.49. The minimum atomic E-state index is -4.92. The minimum absolute atomic E-state index is 0.201. The van der Waals surface area contributed by atoms with Crippen molar-refractivity contribution in [1.82, 2.24) is 25.0 Å². The van der Waals surface area contributed by atoms with Crippen molar-refractivity contribution in [2.24, 2.45) is 0 Å². The molecule has 0 radical (unpaired) electrons. The number of carbonyl (C=O) groups is 1. The van der Waals surface area contributed by atoms with Gasteiger partial charge in [-0.05, 0) is 44.5 Å². The lowest BCUT2D eigenvalue weighted by molar-refractivity contribution is -0.174. The molecule has 2 aliphatic heterocycles. The summed E-state index contributed by atoms with van der Waals surface area (Å²) in [5.74, 6) is -0.0356. The van der Waals surface area contributed by atoms with Crippen LogP contribution in [-0.4, -0.2) is 57.5 Å². The Balaban J connectivity index is 1.47. The Labute approximate surface area is 209 Å². The maximum absolute atomic E-state index is 12.8. The van der Waals surface area contributed by atoms with Gasteiger partial charge in [-0.25, -0.2) is 4.98 Å². The summed E-state index contributed by atoms with van der Waals surface area (Å²) in [7, 11) is 0. The van der Waals surface area contributed by atoms with E-state index in [1.807, 2.05) is 53.6 Å². The lowest BCUT2D eigenvalue weighted by Crippen LogP contribution is -2.44. The van der Waals surface area contributed by atoms with Gasteiger partial charge in [0.25, 0.3) is 0 Å². The largest absolute Gasteiger partial charge is 0.488 e. The molecule has 1 aromatic carbocycles. The summed E-state index contributed by atoms with van der Waals surface area (Å²) >= 11 is 0. The Morgan fingerprint density at radius 3 is 2.73 bits per heavy atom. The number of pyridine rings is 1. The lowest BCUT2D eigenvalue weighted by atomic mass is 10.0. The van der Waals surface area contributed by atoms with Crippen LogP contribution in [0.3, 0.4) is 0 Å². The number of alkyl halides is 3. The summed E-state index contributed by atoms with van der Waals surface area (Å²) in [5, 5.41) is 6.18. The van der Waals surface area contributed by atoms with Gasteiger partial charge >= 0.3 is 12.1 Å². The number of benzene rings is 1. The number of anilines is 1. The number of hydrogen-bond acceptors (Lipinski definition) is 7. The van der Waals surface area contributed by atoms with E-state index in [1.165, 1.54) is 0 Å². The molecule has 6 rings (SSSR count). The fourth-order valence-electron chi connectivity index (χ4n) is 5.23. The Hall–Kier alpha value is -4.09. The maximum atomic E-state index is 12.8. The van der Waals surface area contributed by atoms with E-state index in [0.717, 1.165) is 28.0 Å². The van der Waals surface area contributed by atoms with E-state index in [0.29, 0.717) is 35.9 Å². The molecule has 192 valence electrons. The van der Waals surface area contributed by atoms with Crippen molar-refractivity contribution in [3.63, 3.8) is 0 Å². The van der Waals surface area contributed by atoms with Gasteiger partial charge < -0.3 is 19.5 Å². The first kappa shape index (κ1) is 23.3. The van der Waals surface area contributed by atoms with Crippen LogP contribution in [0.15, 0.2) is 41.1 Å². The SMILES string of the molecule is Cc1noc(C)c1-c1ccc2nc(N3CC[C@@H](NC(=O)C(F)(F)F)C3)n3c2c1OC[C@@H]3c1ccccn1. The van der Waals surface area contributed by atoms with Gasteiger partial charge in [0, 0.05) is 30.9 Å². The molecule has 37 heavy (non-hydrogen) atoms. The Morgan fingerprint density at radius 2 is 2.03 bits per heavy atom. The first-order valence-electron chi connectivity index (χ1n) is 11.9. The van der Waals surface area contributed by atoms with Crippen LogP contribution in [-0.2, 0) is 4.79 Å². The molecule has 1 saturated heterocycles. The van der Waals surface area contributed by atoms with Crippen LogP contribution in [0.5, 0.6) is 5.75 Å². The summed E-state index contributed by atoms with van der Waals surface area (Å²) in [6, 6.07) is 8.49. The van der Waals surface area contributed by atoms with E-state index in [2.05, 4.69) is 15.5 Å². The number of aromatic nitrogens is 4. The minimum Gasteiger partial charge on any atom is -0.488 e. The molecule has 0 bridgehead atoms.